The highest BCUT2D eigenvalue weighted by Crippen LogP contribution is 2.41. The predicted octanol–water partition coefficient (Wildman–Crippen LogP) is 16.6. The highest BCUT2D eigenvalue weighted by atomic mass is 15.2. The van der Waals surface area contributed by atoms with Gasteiger partial charge in [0.25, 0.3) is 0 Å². The van der Waals surface area contributed by atoms with Crippen molar-refractivity contribution in [2.45, 2.75) is 13.3 Å². The van der Waals surface area contributed by atoms with E-state index in [1.807, 2.05) is 12.2 Å². The van der Waals surface area contributed by atoms with Crippen molar-refractivity contribution in [2.24, 2.45) is 5.92 Å². The van der Waals surface area contributed by atoms with Crippen LogP contribution in [0.5, 0.6) is 0 Å². The Labute approximate surface area is 371 Å². The quantitative estimate of drug-likeness (QED) is 0.120. The van der Waals surface area contributed by atoms with Gasteiger partial charge in [-0.15, -0.1) is 0 Å². The van der Waals surface area contributed by atoms with E-state index in [1.54, 1.807) is 0 Å². The van der Waals surface area contributed by atoms with Gasteiger partial charge in [-0.05, 0) is 147 Å². The summed E-state index contributed by atoms with van der Waals surface area (Å²) in [6.07, 6.45) is 11.6. The average molecular weight is 807 g/mol. The van der Waals surface area contributed by atoms with E-state index in [1.165, 1.54) is 55.8 Å². The van der Waals surface area contributed by atoms with Crippen LogP contribution in [0.3, 0.4) is 0 Å². The first-order valence-electron chi connectivity index (χ1n) is 21.7. The van der Waals surface area contributed by atoms with E-state index in [2.05, 4.69) is 259 Å². The standard InChI is InChI=1S/C61H46N2/c1-45-44-55(49-20-12-5-13-21-49)32-43-61(45)63(59-39-28-52(29-40-59)48-18-10-4-11-19-48)60-41-30-54(31-42-60)53-26-37-58(38-27-53)62(56-33-22-50(23-34-56)46-14-6-2-7-15-46)57-35-24-51(25-36-57)47-16-8-3-9-17-47/h2-4,6-12,14-43,45H,44H2,1H3. The van der Waals surface area contributed by atoms with Crippen molar-refractivity contribution in [3.8, 4) is 44.5 Å². The third-order valence-corrected chi connectivity index (χ3v) is 12.1. The second-order valence-corrected chi connectivity index (χ2v) is 16.1. The smallest absolute Gasteiger partial charge is 0.0462 e. The Morgan fingerprint density at radius 3 is 1.00 bits per heavy atom. The van der Waals surface area contributed by atoms with E-state index in [9.17, 15) is 0 Å². The van der Waals surface area contributed by atoms with Gasteiger partial charge >= 0.3 is 0 Å². The third-order valence-electron chi connectivity index (χ3n) is 12.1. The monoisotopic (exact) mass is 806 g/mol. The Morgan fingerprint density at radius 1 is 0.349 bits per heavy atom. The summed E-state index contributed by atoms with van der Waals surface area (Å²) in [6, 6.07) is 76.4. The normalized spacial score (nSPS) is 14.1. The first kappa shape index (κ1) is 39.0. The molecular formula is C61H46N2. The van der Waals surface area contributed by atoms with E-state index >= 15 is 0 Å². The second kappa shape index (κ2) is 17.8. The van der Waals surface area contributed by atoms with Crippen molar-refractivity contribution < 1.29 is 0 Å². The van der Waals surface area contributed by atoms with Crippen LogP contribution in [0, 0.1) is 5.92 Å². The first-order chi connectivity index (χ1) is 31.1. The van der Waals surface area contributed by atoms with Gasteiger partial charge in [-0.3, -0.25) is 0 Å². The van der Waals surface area contributed by atoms with E-state index in [0.717, 1.165) is 40.4 Å². The Balaban J connectivity index is 0.965. The molecule has 0 spiro atoms. The fraction of sp³-hybridized carbons (Fsp3) is 0.0492. The fourth-order valence-electron chi connectivity index (χ4n) is 8.71. The molecule has 0 N–H and O–H groups in total. The summed E-state index contributed by atoms with van der Waals surface area (Å²) in [5.41, 5.74) is 25.1. The highest BCUT2D eigenvalue weighted by Gasteiger charge is 2.24. The first-order valence-corrected chi connectivity index (χ1v) is 21.7. The Hall–Kier alpha value is -8.12. The second-order valence-electron chi connectivity index (χ2n) is 16.1. The lowest BCUT2D eigenvalue weighted by Gasteiger charge is -2.34. The molecule has 10 rings (SSSR count). The van der Waals surface area contributed by atoms with Crippen LogP contribution in [0.25, 0.3) is 44.5 Å². The molecule has 0 aromatic heterocycles. The van der Waals surface area contributed by atoms with Crippen molar-refractivity contribution in [1.82, 2.24) is 0 Å². The lowest BCUT2D eigenvalue weighted by atomic mass is 9.87. The maximum absolute atomic E-state index is 3.13. The molecule has 2 nitrogen and oxygen atoms in total. The number of benzene rings is 8. The van der Waals surface area contributed by atoms with Crippen LogP contribution in [0.2, 0.25) is 0 Å². The highest BCUT2D eigenvalue weighted by molar-refractivity contribution is 5.82. The number of nitrogens with zero attached hydrogens (tertiary/aromatic N) is 2. The molecule has 0 amide bonds. The summed E-state index contributed by atoms with van der Waals surface area (Å²) in [4.78, 5) is 4.76. The Kier molecular flexibility index (Phi) is 11.1. The Bertz CT molecular complexity index is 2950. The van der Waals surface area contributed by atoms with Crippen LogP contribution >= 0.6 is 0 Å². The summed E-state index contributed by atoms with van der Waals surface area (Å²) in [7, 11) is 0. The largest absolute Gasteiger partial charge is 0.314 e. The lowest BCUT2D eigenvalue weighted by Crippen LogP contribution is -2.23. The summed E-state index contributed by atoms with van der Waals surface area (Å²) < 4.78 is 0. The fourth-order valence-corrected chi connectivity index (χ4v) is 8.71. The van der Waals surface area contributed by atoms with Crippen LogP contribution in [0.1, 0.15) is 13.3 Å². The molecule has 2 aliphatic carbocycles. The SMILES string of the molecule is CC1CC(C2=CC=C=C=C2)=CC=C1N(c1ccc(-c2ccccc2)cc1)c1ccc(-c2ccc(N(c3ccc(-c4ccccc4)cc3)c3ccc(-c4ccccc4)cc3)cc2)cc1. The molecule has 300 valence electrons. The molecular weight excluding hydrogens is 761 g/mol. The van der Waals surface area contributed by atoms with Crippen LogP contribution in [-0.4, -0.2) is 0 Å². The zero-order valence-electron chi connectivity index (χ0n) is 35.3. The molecule has 0 saturated carbocycles. The van der Waals surface area contributed by atoms with Crippen molar-refractivity contribution in [3.05, 3.63) is 271 Å². The van der Waals surface area contributed by atoms with Crippen LogP contribution < -0.4 is 9.80 Å². The summed E-state index contributed by atoms with van der Waals surface area (Å²) in [5.74, 6) is 0.294. The maximum atomic E-state index is 3.13. The van der Waals surface area contributed by atoms with Gasteiger partial charge in [0.15, 0.2) is 0 Å². The van der Waals surface area contributed by atoms with E-state index in [4.69, 9.17) is 0 Å². The van der Waals surface area contributed by atoms with E-state index < -0.39 is 0 Å². The van der Waals surface area contributed by atoms with Gasteiger partial charge in [0.05, 0.1) is 0 Å². The number of hydrogen-bond acceptors (Lipinski definition) is 2. The molecule has 8 aromatic carbocycles. The molecule has 63 heavy (non-hydrogen) atoms. The molecule has 0 heterocycles. The number of allylic oxidation sites excluding steroid dienone is 8. The zero-order valence-corrected chi connectivity index (χ0v) is 35.3. The van der Waals surface area contributed by atoms with Crippen molar-refractivity contribution >= 4 is 28.4 Å². The molecule has 0 fully saturated rings. The maximum Gasteiger partial charge on any atom is 0.0462 e. The van der Waals surface area contributed by atoms with Crippen molar-refractivity contribution in [1.29, 1.82) is 0 Å². The third kappa shape index (κ3) is 8.47. The molecule has 2 heteroatoms. The molecule has 0 saturated heterocycles. The topological polar surface area (TPSA) is 6.48 Å². The average Bonchev–Trinajstić information content (AvgIpc) is 3.37. The van der Waals surface area contributed by atoms with E-state index in [-0.39, 0.29) is 0 Å². The Morgan fingerprint density at radius 2 is 0.683 bits per heavy atom. The molecule has 8 aromatic rings. The van der Waals surface area contributed by atoms with Gasteiger partial charge in [0.1, 0.15) is 0 Å². The van der Waals surface area contributed by atoms with Gasteiger partial charge in [-0.2, -0.15) is 0 Å². The zero-order chi connectivity index (χ0) is 42.4. The minimum Gasteiger partial charge on any atom is -0.314 e. The lowest BCUT2D eigenvalue weighted by molar-refractivity contribution is 0.653. The van der Waals surface area contributed by atoms with Crippen LogP contribution in [-0.2, 0) is 0 Å². The molecule has 0 radical (unpaired) electrons. The predicted molar refractivity (Wildman–Crippen MR) is 266 cm³/mol. The molecule has 2 aliphatic rings. The van der Waals surface area contributed by atoms with Gasteiger partial charge in [-0.1, -0.05) is 176 Å². The number of anilines is 5. The van der Waals surface area contributed by atoms with Gasteiger partial charge in [0, 0.05) is 40.1 Å². The van der Waals surface area contributed by atoms with Gasteiger partial charge in [-0.25, -0.2) is 0 Å². The summed E-state index contributed by atoms with van der Waals surface area (Å²) in [5, 5.41) is 0. The van der Waals surface area contributed by atoms with Crippen LogP contribution in [0.15, 0.2) is 271 Å². The summed E-state index contributed by atoms with van der Waals surface area (Å²) >= 11 is 0. The van der Waals surface area contributed by atoms with E-state index in [0.29, 0.717) is 5.92 Å². The molecule has 1 unspecified atom stereocenters. The summed E-state index contributed by atoms with van der Waals surface area (Å²) in [6.45, 7) is 2.33. The minimum absolute atomic E-state index is 0.294. The molecule has 0 bridgehead atoms. The molecule has 0 aliphatic heterocycles. The molecule has 1 atom stereocenters. The van der Waals surface area contributed by atoms with Crippen molar-refractivity contribution in [2.75, 3.05) is 9.80 Å². The van der Waals surface area contributed by atoms with Crippen LogP contribution in [0.4, 0.5) is 28.4 Å². The van der Waals surface area contributed by atoms with Crippen molar-refractivity contribution in [3.63, 3.8) is 0 Å². The number of rotatable bonds is 11. The van der Waals surface area contributed by atoms with Gasteiger partial charge in [0.2, 0.25) is 0 Å². The number of hydrogen-bond donors (Lipinski definition) is 0. The minimum atomic E-state index is 0.294. The van der Waals surface area contributed by atoms with Gasteiger partial charge < -0.3 is 9.80 Å².